The van der Waals surface area contributed by atoms with E-state index in [-0.39, 0.29) is 0 Å². The Balaban J connectivity index is 1.99. The Hall–Kier alpha value is -0.830. The van der Waals surface area contributed by atoms with Gasteiger partial charge in [-0.2, -0.15) is 0 Å². The molecule has 2 rings (SSSR count). The first-order valence-electron chi connectivity index (χ1n) is 4.16. The van der Waals surface area contributed by atoms with E-state index in [9.17, 15) is 4.79 Å². The summed E-state index contributed by atoms with van der Waals surface area (Å²) in [4.78, 5) is 14.5. The molecule has 64 valence electrons. The van der Waals surface area contributed by atoms with Crippen molar-refractivity contribution in [3.05, 3.63) is 22.4 Å². The summed E-state index contributed by atoms with van der Waals surface area (Å²) in [6.07, 6.45) is 1.77. The molecule has 0 atom stereocenters. The largest absolute Gasteiger partial charge is 0.338 e. The Kier molecular flexibility index (Phi) is 2.13. The molecule has 1 fully saturated rings. The SMILES string of the molecule is O=C1CCCN1Cc1cccs1. The van der Waals surface area contributed by atoms with Crippen LogP contribution < -0.4 is 0 Å². The van der Waals surface area contributed by atoms with Crippen molar-refractivity contribution in [1.82, 2.24) is 4.90 Å². The van der Waals surface area contributed by atoms with Crippen LogP contribution in [0.5, 0.6) is 0 Å². The highest BCUT2D eigenvalue weighted by Crippen LogP contribution is 2.16. The number of nitrogens with zero attached hydrogens (tertiary/aromatic N) is 1. The lowest BCUT2D eigenvalue weighted by Gasteiger charge is -2.13. The molecule has 0 aromatic carbocycles. The lowest BCUT2D eigenvalue weighted by molar-refractivity contribution is -0.128. The molecule has 2 heterocycles. The van der Waals surface area contributed by atoms with Crippen molar-refractivity contribution in [2.75, 3.05) is 6.54 Å². The fourth-order valence-corrected chi connectivity index (χ4v) is 2.18. The van der Waals surface area contributed by atoms with Crippen LogP contribution in [0, 0.1) is 0 Å². The van der Waals surface area contributed by atoms with Crippen molar-refractivity contribution < 1.29 is 4.79 Å². The van der Waals surface area contributed by atoms with Gasteiger partial charge in [-0.25, -0.2) is 0 Å². The molecule has 0 radical (unpaired) electrons. The summed E-state index contributed by atoms with van der Waals surface area (Å²) in [7, 11) is 0. The first-order valence-corrected chi connectivity index (χ1v) is 5.04. The quantitative estimate of drug-likeness (QED) is 0.682. The smallest absolute Gasteiger partial charge is 0.222 e. The van der Waals surface area contributed by atoms with E-state index in [0.29, 0.717) is 5.91 Å². The van der Waals surface area contributed by atoms with Crippen LogP contribution in [0.3, 0.4) is 0 Å². The van der Waals surface area contributed by atoms with Gasteiger partial charge in [0.25, 0.3) is 0 Å². The predicted molar refractivity (Wildman–Crippen MR) is 49.0 cm³/mol. The van der Waals surface area contributed by atoms with Crippen molar-refractivity contribution in [3.63, 3.8) is 0 Å². The van der Waals surface area contributed by atoms with Crippen molar-refractivity contribution in [3.8, 4) is 0 Å². The van der Waals surface area contributed by atoms with Gasteiger partial charge in [0.05, 0.1) is 6.54 Å². The van der Waals surface area contributed by atoms with E-state index >= 15 is 0 Å². The maximum atomic E-state index is 11.2. The number of rotatable bonds is 2. The molecule has 0 spiro atoms. The highest BCUT2D eigenvalue weighted by molar-refractivity contribution is 7.09. The summed E-state index contributed by atoms with van der Waals surface area (Å²) in [6.45, 7) is 1.76. The lowest BCUT2D eigenvalue weighted by Crippen LogP contribution is -2.23. The van der Waals surface area contributed by atoms with E-state index in [2.05, 4.69) is 11.4 Å². The molecule has 1 aromatic heterocycles. The Labute approximate surface area is 75.8 Å². The molecular weight excluding hydrogens is 170 g/mol. The van der Waals surface area contributed by atoms with Crippen LogP contribution in [0.25, 0.3) is 0 Å². The van der Waals surface area contributed by atoms with Gasteiger partial charge in [0.1, 0.15) is 0 Å². The first-order chi connectivity index (χ1) is 5.86. The number of hydrogen-bond donors (Lipinski definition) is 0. The molecule has 1 amide bonds. The van der Waals surface area contributed by atoms with Crippen LogP contribution in [-0.4, -0.2) is 17.4 Å². The lowest BCUT2D eigenvalue weighted by atomic mass is 10.4. The van der Waals surface area contributed by atoms with E-state index < -0.39 is 0 Å². The van der Waals surface area contributed by atoms with Crippen LogP contribution in [0.4, 0.5) is 0 Å². The van der Waals surface area contributed by atoms with Gasteiger partial charge in [-0.1, -0.05) is 6.07 Å². The predicted octanol–water partition coefficient (Wildman–Crippen LogP) is 1.87. The van der Waals surface area contributed by atoms with Crippen molar-refractivity contribution in [2.24, 2.45) is 0 Å². The number of thiophene rings is 1. The molecule has 12 heavy (non-hydrogen) atoms. The summed E-state index contributed by atoms with van der Waals surface area (Å²) in [5, 5.41) is 2.05. The van der Waals surface area contributed by atoms with Crippen LogP contribution >= 0.6 is 11.3 Å². The van der Waals surface area contributed by atoms with Crippen LogP contribution in [0.1, 0.15) is 17.7 Å². The second-order valence-electron chi connectivity index (χ2n) is 3.00. The maximum absolute atomic E-state index is 11.2. The van der Waals surface area contributed by atoms with Gasteiger partial charge in [-0.3, -0.25) is 4.79 Å². The Morgan fingerprint density at radius 2 is 2.50 bits per heavy atom. The minimum absolute atomic E-state index is 0.309. The second-order valence-corrected chi connectivity index (χ2v) is 4.03. The zero-order valence-corrected chi connectivity index (χ0v) is 7.64. The number of carbonyl (C=O) groups is 1. The van der Waals surface area contributed by atoms with Crippen molar-refractivity contribution >= 4 is 17.2 Å². The third-order valence-electron chi connectivity index (χ3n) is 2.10. The van der Waals surface area contributed by atoms with Crippen LogP contribution in [-0.2, 0) is 11.3 Å². The van der Waals surface area contributed by atoms with Gasteiger partial charge < -0.3 is 4.90 Å². The topological polar surface area (TPSA) is 20.3 Å². The van der Waals surface area contributed by atoms with Gasteiger partial charge in [0, 0.05) is 17.8 Å². The second kappa shape index (κ2) is 3.27. The number of hydrogen-bond acceptors (Lipinski definition) is 2. The minimum atomic E-state index is 0.309. The monoisotopic (exact) mass is 181 g/mol. The minimum Gasteiger partial charge on any atom is -0.338 e. The summed E-state index contributed by atoms with van der Waals surface area (Å²) in [5.41, 5.74) is 0. The average Bonchev–Trinajstić information content (AvgIpc) is 2.65. The number of amides is 1. The molecule has 3 heteroatoms. The normalized spacial score (nSPS) is 17.3. The summed E-state index contributed by atoms with van der Waals surface area (Å²) >= 11 is 1.72. The summed E-state index contributed by atoms with van der Waals surface area (Å²) in [5.74, 6) is 0.309. The molecule has 0 N–H and O–H groups in total. The van der Waals surface area contributed by atoms with E-state index in [1.54, 1.807) is 11.3 Å². The summed E-state index contributed by atoms with van der Waals surface area (Å²) < 4.78 is 0. The van der Waals surface area contributed by atoms with Gasteiger partial charge >= 0.3 is 0 Å². The number of likely N-dealkylation sites (tertiary alicyclic amines) is 1. The van der Waals surface area contributed by atoms with Crippen molar-refractivity contribution in [1.29, 1.82) is 0 Å². The third-order valence-corrected chi connectivity index (χ3v) is 2.96. The zero-order valence-electron chi connectivity index (χ0n) is 6.82. The fraction of sp³-hybridized carbons (Fsp3) is 0.444. The molecule has 0 unspecified atom stereocenters. The Morgan fingerprint density at radius 1 is 1.58 bits per heavy atom. The van der Waals surface area contributed by atoms with Gasteiger partial charge in [0.2, 0.25) is 5.91 Å². The fourth-order valence-electron chi connectivity index (χ4n) is 1.46. The number of carbonyl (C=O) groups excluding carboxylic acids is 1. The van der Waals surface area contributed by atoms with E-state index in [1.807, 2.05) is 11.0 Å². The highest BCUT2D eigenvalue weighted by atomic mass is 32.1. The Morgan fingerprint density at radius 3 is 3.08 bits per heavy atom. The van der Waals surface area contributed by atoms with Crippen LogP contribution in [0.15, 0.2) is 17.5 Å². The molecule has 1 saturated heterocycles. The standard InChI is InChI=1S/C9H11NOS/c11-9-4-1-5-10(9)7-8-3-2-6-12-8/h2-3,6H,1,4-5,7H2. The van der Waals surface area contributed by atoms with Crippen LogP contribution in [0.2, 0.25) is 0 Å². The van der Waals surface area contributed by atoms with E-state index in [0.717, 1.165) is 25.9 Å². The summed E-state index contributed by atoms with van der Waals surface area (Å²) in [6, 6.07) is 4.11. The van der Waals surface area contributed by atoms with Crippen molar-refractivity contribution in [2.45, 2.75) is 19.4 Å². The molecule has 1 aliphatic rings. The Bertz CT molecular complexity index is 268. The van der Waals surface area contributed by atoms with Gasteiger partial charge in [-0.15, -0.1) is 11.3 Å². The molecule has 0 aliphatic carbocycles. The molecular formula is C9H11NOS. The molecule has 0 bridgehead atoms. The third kappa shape index (κ3) is 1.50. The molecule has 2 nitrogen and oxygen atoms in total. The maximum Gasteiger partial charge on any atom is 0.222 e. The van der Waals surface area contributed by atoms with E-state index in [1.165, 1.54) is 4.88 Å². The zero-order chi connectivity index (χ0) is 8.39. The van der Waals surface area contributed by atoms with Gasteiger partial charge in [0.15, 0.2) is 0 Å². The molecule has 1 aromatic rings. The molecule has 1 aliphatic heterocycles. The van der Waals surface area contributed by atoms with E-state index in [4.69, 9.17) is 0 Å². The molecule has 0 saturated carbocycles. The average molecular weight is 181 g/mol. The van der Waals surface area contributed by atoms with Gasteiger partial charge in [-0.05, 0) is 17.9 Å². The highest BCUT2D eigenvalue weighted by Gasteiger charge is 2.19. The first kappa shape index (κ1) is 7.80.